The van der Waals surface area contributed by atoms with Gasteiger partial charge in [0.15, 0.2) is 0 Å². The van der Waals surface area contributed by atoms with Crippen LogP contribution in [-0.4, -0.2) is 6.61 Å². The average Bonchev–Trinajstić information content (AvgIpc) is 2.73. The Kier molecular flexibility index (Phi) is 3.10. The zero-order valence-electron chi connectivity index (χ0n) is 7.99. The third-order valence-corrected chi connectivity index (χ3v) is 2.18. The number of hydrogen-bond acceptors (Lipinski definition) is 2. The Morgan fingerprint density at radius 1 is 1.25 bits per heavy atom. The van der Waals surface area contributed by atoms with Gasteiger partial charge < -0.3 is 9.15 Å². The molecule has 5 heteroatoms. The van der Waals surface area contributed by atoms with E-state index in [0.29, 0.717) is 16.3 Å². The highest BCUT2D eigenvalue weighted by molar-refractivity contribution is 6.30. The zero-order valence-corrected chi connectivity index (χ0v) is 8.75. The molecule has 1 heterocycles. The second kappa shape index (κ2) is 4.53. The highest BCUT2D eigenvalue weighted by Gasteiger charge is 2.13. The Bertz CT molecular complexity index is 469. The van der Waals surface area contributed by atoms with Crippen molar-refractivity contribution >= 4 is 11.6 Å². The molecule has 1 aromatic carbocycles. The van der Waals surface area contributed by atoms with Gasteiger partial charge in [-0.1, -0.05) is 11.6 Å². The first kappa shape index (κ1) is 11.0. The van der Waals surface area contributed by atoms with Crippen LogP contribution in [0.5, 0.6) is 5.75 Å². The lowest BCUT2D eigenvalue weighted by atomic mass is 10.1. The van der Waals surface area contributed by atoms with Gasteiger partial charge >= 0.3 is 6.61 Å². The first-order chi connectivity index (χ1) is 7.66. The molecule has 0 aliphatic carbocycles. The van der Waals surface area contributed by atoms with Crippen molar-refractivity contribution in [1.82, 2.24) is 0 Å². The van der Waals surface area contributed by atoms with E-state index in [4.69, 9.17) is 16.0 Å². The van der Waals surface area contributed by atoms with Gasteiger partial charge in [-0.05, 0) is 30.3 Å². The van der Waals surface area contributed by atoms with Gasteiger partial charge in [-0.2, -0.15) is 8.78 Å². The van der Waals surface area contributed by atoms with Crippen molar-refractivity contribution in [3.63, 3.8) is 0 Å². The molecule has 0 atom stereocenters. The average molecular weight is 245 g/mol. The smallest absolute Gasteiger partial charge is 0.387 e. The summed E-state index contributed by atoms with van der Waals surface area (Å²) in [5.41, 5.74) is 0.401. The number of halogens is 3. The molecule has 2 nitrogen and oxygen atoms in total. The standard InChI is InChI=1S/C11H7ClF2O2/c12-7-3-4-10(16-11(13)14)8(6-7)9-2-1-5-15-9/h1-6,11H. The molecule has 0 amide bonds. The van der Waals surface area contributed by atoms with Gasteiger partial charge in [0.2, 0.25) is 0 Å². The molecule has 1 aromatic heterocycles. The van der Waals surface area contributed by atoms with Crippen LogP contribution in [0.15, 0.2) is 41.0 Å². The maximum atomic E-state index is 12.2. The molecule has 0 saturated carbocycles. The van der Waals surface area contributed by atoms with Gasteiger partial charge in [-0.3, -0.25) is 0 Å². The summed E-state index contributed by atoms with van der Waals surface area (Å²) in [6.45, 7) is -2.88. The van der Waals surface area contributed by atoms with Crippen LogP contribution in [0.2, 0.25) is 5.02 Å². The van der Waals surface area contributed by atoms with E-state index in [1.54, 1.807) is 12.1 Å². The van der Waals surface area contributed by atoms with Crippen LogP contribution in [0.3, 0.4) is 0 Å². The lowest BCUT2D eigenvalue weighted by Gasteiger charge is -2.09. The quantitative estimate of drug-likeness (QED) is 0.807. The van der Waals surface area contributed by atoms with Gasteiger partial charge in [0.25, 0.3) is 0 Å². The summed E-state index contributed by atoms with van der Waals surface area (Å²) in [5, 5.41) is 0.424. The highest BCUT2D eigenvalue weighted by Crippen LogP contribution is 2.33. The maximum absolute atomic E-state index is 12.2. The number of hydrogen-bond donors (Lipinski definition) is 0. The molecule has 2 rings (SSSR count). The Balaban J connectivity index is 2.45. The van der Waals surface area contributed by atoms with Gasteiger partial charge in [-0.25, -0.2) is 0 Å². The van der Waals surface area contributed by atoms with Crippen molar-refractivity contribution in [2.24, 2.45) is 0 Å². The summed E-state index contributed by atoms with van der Waals surface area (Å²) in [5.74, 6) is 0.465. The van der Waals surface area contributed by atoms with Crippen LogP contribution in [0, 0.1) is 0 Å². The second-order valence-electron chi connectivity index (χ2n) is 3.00. The molecule has 0 aliphatic heterocycles. The van der Waals surface area contributed by atoms with E-state index in [2.05, 4.69) is 4.74 Å². The van der Waals surface area contributed by atoms with E-state index in [9.17, 15) is 8.78 Å². The molecule has 0 N–H and O–H groups in total. The third kappa shape index (κ3) is 2.33. The van der Waals surface area contributed by atoms with E-state index < -0.39 is 6.61 Å². The Labute approximate surface area is 95.4 Å². The van der Waals surface area contributed by atoms with Crippen molar-refractivity contribution in [2.75, 3.05) is 0 Å². The lowest BCUT2D eigenvalue weighted by molar-refractivity contribution is -0.0495. The van der Waals surface area contributed by atoms with Crippen LogP contribution in [0.4, 0.5) is 8.78 Å². The van der Waals surface area contributed by atoms with Gasteiger partial charge in [0, 0.05) is 5.02 Å². The largest absolute Gasteiger partial charge is 0.464 e. The summed E-state index contributed by atoms with van der Waals surface area (Å²) >= 11 is 5.79. The SMILES string of the molecule is FC(F)Oc1ccc(Cl)cc1-c1ccco1. The molecule has 16 heavy (non-hydrogen) atoms. The third-order valence-electron chi connectivity index (χ3n) is 1.94. The first-order valence-corrected chi connectivity index (χ1v) is 4.83. The van der Waals surface area contributed by atoms with Gasteiger partial charge in [0.05, 0.1) is 11.8 Å². The van der Waals surface area contributed by atoms with Crippen LogP contribution in [0.1, 0.15) is 0 Å². The van der Waals surface area contributed by atoms with Crippen LogP contribution < -0.4 is 4.74 Å². The summed E-state index contributed by atoms with van der Waals surface area (Å²) in [6, 6.07) is 7.67. The first-order valence-electron chi connectivity index (χ1n) is 4.45. The summed E-state index contributed by atoms with van der Waals surface area (Å²) in [7, 11) is 0. The molecule has 0 unspecified atom stereocenters. The number of alkyl halides is 2. The summed E-state index contributed by atoms with van der Waals surface area (Å²) in [4.78, 5) is 0. The second-order valence-corrected chi connectivity index (χ2v) is 3.43. The molecule has 0 aliphatic rings. The molecular formula is C11H7ClF2O2. The molecule has 0 bridgehead atoms. The van der Waals surface area contributed by atoms with Crippen molar-refractivity contribution < 1.29 is 17.9 Å². The molecule has 0 radical (unpaired) electrons. The molecular weight excluding hydrogens is 238 g/mol. The minimum absolute atomic E-state index is 0.0364. The summed E-state index contributed by atoms with van der Waals surface area (Å²) < 4.78 is 33.8. The Morgan fingerprint density at radius 2 is 2.06 bits per heavy atom. The van der Waals surface area contributed by atoms with Crippen LogP contribution in [-0.2, 0) is 0 Å². The minimum atomic E-state index is -2.88. The lowest BCUT2D eigenvalue weighted by Crippen LogP contribution is -2.02. The molecule has 0 saturated heterocycles. The topological polar surface area (TPSA) is 22.4 Å². The van der Waals surface area contributed by atoms with Crippen LogP contribution >= 0.6 is 11.6 Å². The monoisotopic (exact) mass is 244 g/mol. The van der Waals surface area contributed by atoms with E-state index in [0.717, 1.165) is 0 Å². The van der Waals surface area contributed by atoms with Gasteiger partial charge in [0.1, 0.15) is 11.5 Å². The maximum Gasteiger partial charge on any atom is 0.387 e. The fourth-order valence-electron chi connectivity index (χ4n) is 1.33. The fourth-order valence-corrected chi connectivity index (χ4v) is 1.50. The predicted octanol–water partition coefficient (Wildman–Crippen LogP) is 4.20. The van der Waals surface area contributed by atoms with Gasteiger partial charge in [-0.15, -0.1) is 0 Å². The number of benzene rings is 1. The van der Waals surface area contributed by atoms with E-state index in [-0.39, 0.29) is 5.75 Å². The van der Waals surface area contributed by atoms with Crippen LogP contribution in [0.25, 0.3) is 11.3 Å². The van der Waals surface area contributed by atoms with Crippen molar-refractivity contribution in [2.45, 2.75) is 6.61 Å². The van der Waals surface area contributed by atoms with E-state index in [1.165, 1.54) is 24.5 Å². The molecule has 0 fully saturated rings. The number of rotatable bonds is 3. The van der Waals surface area contributed by atoms with E-state index in [1.807, 2.05) is 0 Å². The highest BCUT2D eigenvalue weighted by atomic mass is 35.5. The number of ether oxygens (including phenoxy) is 1. The predicted molar refractivity (Wildman–Crippen MR) is 55.8 cm³/mol. The van der Waals surface area contributed by atoms with Crippen molar-refractivity contribution in [1.29, 1.82) is 0 Å². The Hall–Kier alpha value is -1.55. The molecule has 2 aromatic rings. The normalized spacial score (nSPS) is 10.8. The summed E-state index contributed by atoms with van der Waals surface area (Å²) in [6.07, 6.45) is 1.45. The minimum Gasteiger partial charge on any atom is -0.464 e. The molecule has 0 spiro atoms. The van der Waals surface area contributed by atoms with Crippen molar-refractivity contribution in [3.8, 4) is 17.1 Å². The van der Waals surface area contributed by atoms with Crippen molar-refractivity contribution in [3.05, 3.63) is 41.6 Å². The zero-order chi connectivity index (χ0) is 11.5. The Morgan fingerprint density at radius 3 is 2.69 bits per heavy atom. The number of furan rings is 1. The fraction of sp³-hybridized carbons (Fsp3) is 0.0909. The van der Waals surface area contributed by atoms with E-state index >= 15 is 0 Å². The molecule has 84 valence electrons.